The fourth-order valence-electron chi connectivity index (χ4n) is 2.78. The first kappa shape index (κ1) is 13.5. The predicted molar refractivity (Wildman–Crippen MR) is 73.2 cm³/mol. The van der Waals surface area contributed by atoms with Crippen molar-refractivity contribution in [3.05, 3.63) is 30.1 Å². The van der Waals surface area contributed by atoms with Gasteiger partial charge in [-0.15, -0.1) is 0 Å². The summed E-state index contributed by atoms with van der Waals surface area (Å²) in [7, 11) is 0. The van der Waals surface area contributed by atoms with E-state index in [4.69, 9.17) is 0 Å². The van der Waals surface area contributed by atoms with Crippen LogP contribution in [0.25, 0.3) is 0 Å². The van der Waals surface area contributed by atoms with Gasteiger partial charge < -0.3 is 10.4 Å². The minimum absolute atomic E-state index is 0.216. The van der Waals surface area contributed by atoms with E-state index in [-0.39, 0.29) is 12.1 Å². The molecule has 0 aromatic carbocycles. The van der Waals surface area contributed by atoms with E-state index >= 15 is 0 Å². The number of nitrogens with zero attached hydrogens (tertiary/aromatic N) is 1. The molecule has 2 N–H and O–H groups in total. The molecule has 0 bridgehead atoms. The topological polar surface area (TPSA) is 45.1 Å². The molecule has 18 heavy (non-hydrogen) atoms. The molecule has 0 spiro atoms. The van der Waals surface area contributed by atoms with Gasteiger partial charge in [-0.2, -0.15) is 0 Å². The summed E-state index contributed by atoms with van der Waals surface area (Å²) in [6.45, 7) is 2.78. The lowest BCUT2D eigenvalue weighted by atomic mass is 10.00. The van der Waals surface area contributed by atoms with Gasteiger partial charge in [0.25, 0.3) is 0 Å². The maximum atomic E-state index is 10.0. The quantitative estimate of drug-likeness (QED) is 0.813. The Morgan fingerprint density at radius 3 is 2.89 bits per heavy atom. The molecule has 1 aromatic heterocycles. The van der Waals surface area contributed by atoms with Crippen LogP contribution in [0.3, 0.4) is 0 Å². The molecule has 1 aromatic rings. The Morgan fingerprint density at radius 2 is 2.22 bits per heavy atom. The van der Waals surface area contributed by atoms with Crippen LogP contribution >= 0.6 is 0 Å². The van der Waals surface area contributed by atoms with E-state index in [0.717, 1.165) is 12.3 Å². The molecular formula is C15H24N2O. The lowest BCUT2D eigenvalue weighted by Crippen LogP contribution is -2.30. The van der Waals surface area contributed by atoms with Gasteiger partial charge in [0, 0.05) is 25.0 Å². The molecule has 100 valence electrons. The highest BCUT2D eigenvalue weighted by molar-refractivity contribution is 5.12. The van der Waals surface area contributed by atoms with Gasteiger partial charge >= 0.3 is 0 Å². The summed E-state index contributed by atoms with van der Waals surface area (Å²) in [5, 5.41) is 13.4. The van der Waals surface area contributed by atoms with Crippen LogP contribution in [0.15, 0.2) is 24.5 Å². The van der Waals surface area contributed by atoms with E-state index < -0.39 is 0 Å². The summed E-state index contributed by atoms with van der Waals surface area (Å²) < 4.78 is 0. The lowest BCUT2D eigenvalue weighted by Gasteiger charge is -2.19. The average Bonchev–Trinajstić information content (AvgIpc) is 2.90. The van der Waals surface area contributed by atoms with Crippen molar-refractivity contribution >= 4 is 0 Å². The number of aliphatic hydroxyl groups excluding tert-OH is 1. The maximum absolute atomic E-state index is 10.0. The number of aromatic nitrogens is 1. The summed E-state index contributed by atoms with van der Waals surface area (Å²) in [5.41, 5.74) is 1.17. The van der Waals surface area contributed by atoms with Crippen LogP contribution in [0.2, 0.25) is 0 Å². The van der Waals surface area contributed by atoms with E-state index in [2.05, 4.69) is 23.3 Å². The molecule has 2 atom stereocenters. The van der Waals surface area contributed by atoms with Crippen LogP contribution in [-0.4, -0.2) is 22.7 Å². The number of hydrogen-bond acceptors (Lipinski definition) is 3. The zero-order chi connectivity index (χ0) is 12.8. The second-order valence-electron chi connectivity index (χ2n) is 5.46. The van der Waals surface area contributed by atoms with E-state index in [1.165, 1.54) is 31.2 Å². The van der Waals surface area contributed by atoms with Crippen LogP contribution in [0.5, 0.6) is 0 Å². The monoisotopic (exact) mass is 248 g/mol. The molecular weight excluding hydrogens is 224 g/mol. The number of hydrogen-bond donors (Lipinski definition) is 2. The van der Waals surface area contributed by atoms with Crippen LogP contribution in [0.4, 0.5) is 0 Å². The van der Waals surface area contributed by atoms with E-state index in [1.807, 2.05) is 12.3 Å². The van der Waals surface area contributed by atoms with Gasteiger partial charge in [-0.3, -0.25) is 4.98 Å². The lowest BCUT2D eigenvalue weighted by molar-refractivity contribution is 0.137. The van der Waals surface area contributed by atoms with Crippen LogP contribution in [-0.2, 0) is 0 Å². The van der Waals surface area contributed by atoms with E-state index in [0.29, 0.717) is 6.54 Å². The van der Waals surface area contributed by atoms with Crippen molar-refractivity contribution < 1.29 is 5.11 Å². The van der Waals surface area contributed by atoms with Crippen molar-refractivity contribution in [3.8, 4) is 0 Å². The molecule has 3 heteroatoms. The summed E-state index contributed by atoms with van der Waals surface area (Å²) in [4.78, 5) is 4.11. The Hall–Kier alpha value is -0.930. The third-order valence-corrected chi connectivity index (χ3v) is 3.92. The molecule has 2 rings (SSSR count). The maximum Gasteiger partial charge on any atom is 0.0667 e. The smallest absolute Gasteiger partial charge is 0.0667 e. The van der Waals surface area contributed by atoms with Crippen molar-refractivity contribution in [2.45, 2.75) is 51.2 Å². The first-order chi connectivity index (χ1) is 8.75. The molecule has 1 saturated carbocycles. The Kier molecular flexibility index (Phi) is 5.14. The van der Waals surface area contributed by atoms with Crippen molar-refractivity contribution in [3.63, 3.8) is 0 Å². The fraction of sp³-hybridized carbons (Fsp3) is 0.667. The molecule has 0 saturated heterocycles. The van der Waals surface area contributed by atoms with Gasteiger partial charge in [0.15, 0.2) is 0 Å². The van der Waals surface area contributed by atoms with E-state index in [1.54, 1.807) is 6.20 Å². The third kappa shape index (κ3) is 4.07. The number of pyridine rings is 1. The highest BCUT2D eigenvalue weighted by atomic mass is 16.3. The second kappa shape index (κ2) is 6.86. The van der Waals surface area contributed by atoms with Crippen molar-refractivity contribution in [1.29, 1.82) is 0 Å². The third-order valence-electron chi connectivity index (χ3n) is 3.92. The predicted octanol–water partition coefficient (Wildman–Crippen LogP) is 2.67. The first-order valence-corrected chi connectivity index (χ1v) is 7.07. The summed E-state index contributed by atoms with van der Waals surface area (Å²) >= 11 is 0. The fourth-order valence-corrected chi connectivity index (χ4v) is 2.78. The number of aliphatic hydroxyl groups is 1. The summed E-state index contributed by atoms with van der Waals surface area (Å²) in [6.07, 6.45) is 9.68. The minimum atomic E-state index is -0.216. The van der Waals surface area contributed by atoms with Crippen LogP contribution in [0.1, 0.15) is 50.6 Å². The van der Waals surface area contributed by atoms with Gasteiger partial charge in [0.05, 0.1) is 6.10 Å². The molecule has 1 heterocycles. The number of rotatable bonds is 6. The largest absolute Gasteiger partial charge is 0.392 e. The number of nitrogens with one attached hydrogen (secondary N) is 1. The highest BCUT2D eigenvalue weighted by Gasteiger charge is 2.19. The van der Waals surface area contributed by atoms with Gasteiger partial charge in [0.2, 0.25) is 0 Å². The second-order valence-corrected chi connectivity index (χ2v) is 5.46. The summed E-state index contributed by atoms with van der Waals surface area (Å²) in [5.74, 6) is 0.746. The zero-order valence-electron chi connectivity index (χ0n) is 11.2. The van der Waals surface area contributed by atoms with Crippen LogP contribution < -0.4 is 5.32 Å². The molecule has 1 aliphatic rings. The molecule has 1 fully saturated rings. The zero-order valence-corrected chi connectivity index (χ0v) is 11.2. The highest BCUT2D eigenvalue weighted by Crippen LogP contribution is 2.28. The Bertz CT molecular complexity index is 336. The van der Waals surface area contributed by atoms with E-state index in [9.17, 15) is 5.11 Å². The van der Waals surface area contributed by atoms with Crippen molar-refractivity contribution in [2.75, 3.05) is 6.54 Å². The normalized spacial score (nSPS) is 19.9. The standard InChI is InChI=1S/C15H24N2O/c1-12(14-7-4-8-16-10-14)17-11-15(18)9-13-5-2-3-6-13/h4,7-8,10,12-13,15,17-18H,2-3,5-6,9,11H2,1H3/t12-,15?/m0/s1. The molecule has 1 unspecified atom stereocenters. The van der Waals surface area contributed by atoms with Crippen molar-refractivity contribution in [2.24, 2.45) is 5.92 Å². The van der Waals surface area contributed by atoms with Gasteiger partial charge in [-0.05, 0) is 30.9 Å². The first-order valence-electron chi connectivity index (χ1n) is 7.07. The molecule has 0 amide bonds. The average molecular weight is 248 g/mol. The summed E-state index contributed by atoms with van der Waals surface area (Å²) in [6, 6.07) is 4.26. The van der Waals surface area contributed by atoms with Gasteiger partial charge in [-0.25, -0.2) is 0 Å². The molecule has 1 aliphatic carbocycles. The van der Waals surface area contributed by atoms with Crippen molar-refractivity contribution in [1.82, 2.24) is 10.3 Å². The SMILES string of the molecule is C[C@H](NCC(O)CC1CCCC1)c1cccnc1. The minimum Gasteiger partial charge on any atom is -0.392 e. The Balaban J connectivity index is 1.70. The molecule has 3 nitrogen and oxygen atoms in total. The molecule has 0 aliphatic heterocycles. The molecule has 0 radical (unpaired) electrons. The van der Waals surface area contributed by atoms with Gasteiger partial charge in [-0.1, -0.05) is 31.7 Å². The Labute approximate surface area is 110 Å². The van der Waals surface area contributed by atoms with Crippen LogP contribution in [0, 0.1) is 5.92 Å². The Morgan fingerprint density at radius 1 is 1.44 bits per heavy atom. The van der Waals surface area contributed by atoms with Gasteiger partial charge in [0.1, 0.15) is 0 Å².